The fourth-order valence-corrected chi connectivity index (χ4v) is 3.09. The summed E-state index contributed by atoms with van der Waals surface area (Å²) in [5.41, 5.74) is 2.00. The van der Waals surface area contributed by atoms with E-state index in [2.05, 4.69) is 36.6 Å². The Kier molecular flexibility index (Phi) is 7.73. The molecule has 146 valence electrons. The molecular weight excluding hydrogens is 360 g/mol. The molecule has 2 aromatic carbocycles. The Morgan fingerprint density at radius 2 is 1.59 bits per heavy atom. The van der Waals surface area contributed by atoms with Crippen LogP contribution in [0.3, 0.4) is 0 Å². The van der Waals surface area contributed by atoms with Crippen molar-refractivity contribution in [1.29, 1.82) is 0 Å². The average Bonchev–Trinajstić information content (AvgIpc) is 2.67. The highest BCUT2D eigenvalue weighted by Gasteiger charge is 2.15. The summed E-state index contributed by atoms with van der Waals surface area (Å²) in [4.78, 5) is 0. The SMILES string of the molecule is COc1ccc(C(CC(C)C)NC(=S)Nc2ccc(OC)c(OC)c2)cc1. The highest BCUT2D eigenvalue weighted by molar-refractivity contribution is 7.80. The summed E-state index contributed by atoms with van der Waals surface area (Å²) in [5, 5.41) is 7.21. The maximum Gasteiger partial charge on any atom is 0.171 e. The minimum Gasteiger partial charge on any atom is -0.497 e. The Labute approximate surface area is 167 Å². The van der Waals surface area contributed by atoms with E-state index in [1.165, 1.54) is 5.56 Å². The van der Waals surface area contributed by atoms with E-state index in [1.54, 1.807) is 21.3 Å². The molecule has 0 saturated heterocycles. The molecule has 0 amide bonds. The van der Waals surface area contributed by atoms with Crippen molar-refractivity contribution >= 4 is 23.0 Å². The van der Waals surface area contributed by atoms with Gasteiger partial charge in [0.2, 0.25) is 0 Å². The average molecular weight is 389 g/mol. The molecule has 0 spiro atoms. The van der Waals surface area contributed by atoms with Gasteiger partial charge in [0.1, 0.15) is 5.75 Å². The molecule has 1 atom stereocenters. The lowest BCUT2D eigenvalue weighted by Gasteiger charge is -2.23. The number of hydrogen-bond donors (Lipinski definition) is 2. The Morgan fingerprint density at radius 3 is 2.15 bits per heavy atom. The zero-order valence-corrected chi connectivity index (χ0v) is 17.4. The Balaban J connectivity index is 2.11. The fourth-order valence-electron chi connectivity index (χ4n) is 2.83. The first-order valence-electron chi connectivity index (χ1n) is 8.90. The van der Waals surface area contributed by atoms with Crippen molar-refractivity contribution in [1.82, 2.24) is 5.32 Å². The molecule has 0 fully saturated rings. The van der Waals surface area contributed by atoms with Gasteiger partial charge in [0.05, 0.1) is 27.4 Å². The molecule has 6 heteroatoms. The number of methoxy groups -OCH3 is 3. The first-order chi connectivity index (χ1) is 13.0. The highest BCUT2D eigenvalue weighted by atomic mass is 32.1. The lowest BCUT2D eigenvalue weighted by Crippen LogP contribution is -2.33. The highest BCUT2D eigenvalue weighted by Crippen LogP contribution is 2.30. The second kappa shape index (κ2) is 10.0. The van der Waals surface area contributed by atoms with E-state index in [1.807, 2.05) is 30.3 Å². The molecule has 1 unspecified atom stereocenters. The van der Waals surface area contributed by atoms with Crippen LogP contribution in [0.4, 0.5) is 5.69 Å². The molecule has 0 aliphatic rings. The third-order valence-electron chi connectivity index (χ3n) is 4.17. The van der Waals surface area contributed by atoms with E-state index in [0.717, 1.165) is 17.9 Å². The molecule has 0 radical (unpaired) electrons. The number of benzene rings is 2. The van der Waals surface area contributed by atoms with E-state index in [9.17, 15) is 0 Å². The zero-order valence-electron chi connectivity index (χ0n) is 16.5. The first kappa shape index (κ1) is 20.8. The smallest absolute Gasteiger partial charge is 0.171 e. The molecule has 0 bridgehead atoms. The molecule has 2 aromatic rings. The predicted octanol–water partition coefficient (Wildman–Crippen LogP) is 4.79. The van der Waals surface area contributed by atoms with Crippen molar-refractivity contribution in [3.8, 4) is 17.2 Å². The molecule has 2 N–H and O–H groups in total. The van der Waals surface area contributed by atoms with Crippen LogP contribution in [0.1, 0.15) is 31.9 Å². The summed E-state index contributed by atoms with van der Waals surface area (Å²) in [6.07, 6.45) is 0.958. The standard InChI is InChI=1S/C21H28N2O3S/c1-14(2)12-18(15-6-9-17(24-3)10-7-15)23-21(27)22-16-8-11-19(25-4)20(13-16)26-5/h6-11,13-14,18H,12H2,1-5H3,(H2,22,23,27). The second-order valence-corrected chi connectivity index (χ2v) is 7.03. The third-order valence-corrected chi connectivity index (χ3v) is 4.39. The van der Waals surface area contributed by atoms with Crippen molar-refractivity contribution in [2.45, 2.75) is 26.3 Å². The summed E-state index contributed by atoms with van der Waals surface area (Å²) in [6.45, 7) is 4.39. The van der Waals surface area contributed by atoms with Crippen LogP contribution in [0.2, 0.25) is 0 Å². The van der Waals surface area contributed by atoms with Gasteiger partial charge in [0, 0.05) is 11.8 Å². The number of nitrogens with one attached hydrogen (secondary N) is 2. The van der Waals surface area contributed by atoms with Crippen LogP contribution >= 0.6 is 12.2 Å². The first-order valence-corrected chi connectivity index (χ1v) is 9.31. The molecule has 0 aliphatic carbocycles. The van der Waals surface area contributed by atoms with E-state index in [0.29, 0.717) is 22.5 Å². The van der Waals surface area contributed by atoms with Crippen molar-refractivity contribution in [2.75, 3.05) is 26.6 Å². The number of anilines is 1. The van der Waals surface area contributed by atoms with Crippen LogP contribution in [0.15, 0.2) is 42.5 Å². The molecule has 2 rings (SSSR count). The maximum atomic E-state index is 5.54. The number of hydrogen-bond acceptors (Lipinski definition) is 4. The van der Waals surface area contributed by atoms with Gasteiger partial charge in [-0.25, -0.2) is 0 Å². The van der Waals surface area contributed by atoms with Crippen molar-refractivity contribution in [3.63, 3.8) is 0 Å². The predicted molar refractivity (Wildman–Crippen MR) is 114 cm³/mol. The van der Waals surface area contributed by atoms with E-state index in [-0.39, 0.29) is 6.04 Å². The minimum atomic E-state index is 0.107. The third kappa shape index (κ3) is 6.03. The quantitative estimate of drug-likeness (QED) is 0.635. The van der Waals surface area contributed by atoms with Crippen LogP contribution in [0, 0.1) is 5.92 Å². The van der Waals surface area contributed by atoms with Gasteiger partial charge in [-0.2, -0.15) is 0 Å². The molecule has 0 heterocycles. The van der Waals surface area contributed by atoms with Gasteiger partial charge in [0.25, 0.3) is 0 Å². The Morgan fingerprint density at radius 1 is 0.926 bits per heavy atom. The molecule has 5 nitrogen and oxygen atoms in total. The van der Waals surface area contributed by atoms with Crippen molar-refractivity contribution in [2.24, 2.45) is 5.92 Å². The summed E-state index contributed by atoms with van der Waals surface area (Å²) < 4.78 is 15.9. The van der Waals surface area contributed by atoms with E-state index in [4.69, 9.17) is 26.4 Å². The number of rotatable bonds is 8. The van der Waals surface area contributed by atoms with Crippen molar-refractivity contribution in [3.05, 3.63) is 48.0 Å². The van der Waals surface area contributed by atoms with Gasteiger partial charge >= 0.3 is 0 Å². The summed E-state index contributed by atoms with van der Waals surface area (Å²) in [7, 11) is 4.89. The van der Waals surface area contributed by atoms with Gasteiger partial charge in [-0.3, -0.25) is 0 Å². The van der Waals surface area contributed by atoms with Crippen LogP contribution < -0.4 is 24.8 Å². The van der Waals surface area contributed by atoms with Crippen LogP contribution in [-0.4, -0.2) is 26.4 Å². The van der Waals surface area contributed by atoms with Crippen LogP contribution in [0.5, 0.6) is 17.2 Å². The van der Waals surface area contributed by atoms with Gasteiger partial charge in [0.15, 0.2) is 16.6 Å². The van der Waals surface area contributed by atoms with Crippen LogP contribution in [0.25, 0.3) is 0 Å². The topological polar surface area (TPSA) is 51.8 Å². The summed E-state index contributed by atoms with van der Waals surface area (Å²) in [5.74, 6) is 2.69. The Hall–Kier alpha value is -2.47. The lowest BCUT2D eigenvalue weighted by atomic mass is 9.97. The second-order valence-electron chi connectivity index (χ2n) is 6.62. The van der Waals surface area contributed by atoms with Gasteiger partial charge in [-0.05, 0) is 54.4 Å². The fraction of sp³-hybridized carbons (Fsp3) is 0.381. The Bertz CT molecular complexity index is 748. The normalized spacial score (nSPS) is 11.6. The monoisotopic (exact) mass is 388 g/mol. The lowest BCUT2D eigenvalue weighted by molar-refractivity contribution is 0.355. The van der Waals surface area contributed by atoms with E-state index < -0.39 is 0 Å². The maximum absolute atomic E-state index is 5.54. The minimum absolute atomic E-state index is 0.107. The largest absolute Gasteiger partial charge is 0.497 e. The van der Waals surface area contributed by atoms with Crippen LogP contribution in [-0.2, 0) is 0 Å². The summed E-state index contributed by atoms with van der Waals surface area (Å²) in [6, 6.07) is 13.8. The van der Waals surface area contributed by atoms with Gasteiger partial charge in [-0.15, -0.1) is 0 Å². The molecule has 0 saturated carbocycles. The van der Waals surface area contributed by atoms with Gasteiger partial charge < -0.3 is 24.8 Å². The number of thiocarbonyl (C=S) groups is 1. The molecule has 0 aliphatic heterocycles. The molecular formula is C21H28N2O3S. The summed E-state index contributed by atoms with van der Waals surface area (Å²) >= 11 is 5.54. The zero-order chi connectivity index (χ0) is 19.8. The van der Waals surface area contributed by atoms with Crippen molar-refractivity contribution < 1.29 is 14.2 Å². The van der Waals surface area contributed by atoms with Gasteiger partial charge in [-0.1, -0.05) is 26.0 Å². The number of ether oxygens (including phenoxy) is 3. The molecule has 0 aromatic heterocycles. The van der Waals surface area contributed by atoms with E-state index >= 15 is 0 Å². The molecule has 27 heavy (non-hydrogen) atoms.